The van der Waals surface area contributed by atoms with Crippen LogP contribution in [0.15, 0.2) is 74.1 Å². The van der Waals surface area contributed by atoms with Crippen molar-refractivity contribution in [3.05, 3.63) is 54.6 Å². The lowest BCUT2D eigenvalue weighted by Crippen LogP contribution is -1.99. The lowest BCUT2D eigenvalue weighted by atomic mass is 10.1. The minimum absolute atomic E-state index is 0.0489. The van der Waals surface area contributed by atoms with Crippen molar-refractivity contribution in [1.82, 2.24) is 4.98 Å². The molecule has 0 aliphatic carbocycles. The molecule has 1 aromatic heterocycles. The normalized spacial score (nSPS) is 12.3. The molecule has 26 heavy (non-hydrogen) atoms. The summed E-state index contributed by atoms with van der Waals surface area (Å²) in [5.74, 6) is -0.270. The van der Waals surface area contributed by atoms with E-state index in [1.165, 1.54) is 12.1 Å². The first-order valence-corrected chi connectivity index (χ1v) is 8.87. The maximum Gasteiger partial charge on any atom is 0.341 e. The Morgan fingerprint density at radius 1 is 0.962 bits per heavy atom. The molecule has 0 bridgehead atoms. The number of aromatic hydroxyl groups is 1. The Balaban J connectivity index is 1.87. The maximum atomic E-state index is 11.7. The van der Waals surface area contributed by atoms with Gasteiger partial charge in [0.05, 0.1) is 0 Å². The zero-order valence-corrected chi connectivity index (χ0v) is 13.9. The number of hydrogen-bond acceptors (Lipinski definition) is 7. The van der Waals surface area contributed by atoms with Gasteiger partial charge in [0.1, 0.15) is 16.1 Å². The first-order valence-electron chi connectivity index (χ1n) is 7.43. The number of azo groups is 1. The fraction of sp³-hybridized carbons (Fsp3) is 0. The van der Waals surface area contributed by atoms with Gasteiger partial charge in [-0.25, -0.2) is 0 Å². The second kappa shape index (κ2) is 5.90. The van der Waals surface area contributed by atoms with Gasteiger partial charge >= 0.3 is 6.01 Å². The van der Waals surface area contributed by atoms with E-state index in [1.54, 1.807) is 36.4 Å². The summed E-state index contributed by atoms with van der Waals surface area (Å²) in [7, 11) is -4.52. The predicted octanol–water partition coefficient (Wildman–Crippen LogP) is 4.35. The summed E-state index contributed by atoms with van der Waals surface area (Å²) in [5, 5.41) is 18.4. The van der Waals surface area contributed by atoms with Crippen molar-refractivity contribution < 1.29 is 22.5 Å². The number of aromatic nitrogens is 1. The van der Waals surface area contributed by atoms with E-state index < -0.39 is 10.1 Å². The van der Waals surface area contributed by atoms with Gasteiger partial charge in [-0.15, -0.1) is 5.11 Å². The number of nitrogens with zero attached hydrogens (tertiary/aromatic N) is 3. The van der Waals surface area contributed by atoms with Crippen LogP contribution >= 0.6 is 0 Å². The monoisotopic (exact) mass is 369 g/mol. The molecular weight excluding hydrogens is 358 g/mol. The molecule has 0 spiro atoms. The second-order valence-electron chi connectivity index (χ2n) is 5.43. The number of oxazole rings is 1. The quantitative estimate of drug-likeness (QED) is 0.408. The van der Waals surface area contributed by atoms with E-state index in [0.29, 0.717) is 11.1 Å². The maximum absolute atomic E-state index is 11.7. The number of phenolic OH excluding ortho intramolecular Hbond substituents is 1. The molecule has 130 valence electrons. The topological polar surface area (TPSA) is 125 Å². The van der Waals surface area contributed by atoms with Gasteiger partial charge in [-0.2, -0.15) is 13.4 Å². The van der Waals surface area contributed by atoms with Crippen LogP contribution in [-0.4, -0.2) is 23.1 Å². The molecule has 3 aromatic carbocycles. The highest BCUT2D eigenvalue weighted by molar-refractivity contribution is 7.86. The first kappa shape index (κ1) is 16.2. The molecule has 4 rings (SSSR count). The Morgan fingerprint density at radius 3 is 2.38 bits per heavy atom. The fourth-order valence-electron chi connectivity index (χ4n) is 2.60. The van der Waals surface area contributed by atoms with Crippen LogP contribution in [0.3, 0.4) is 0 Å². The molecule has 0 saturated heterocycles. The van der Waals surface area contributed by atoms with Crippen LogP contribution in [0.2, 0.25) is 0 Å². The summed E-state index contributed by atoms with van der Waals surface area (Å²) < 4.78 is 38.2. The third-order valence-electron chi connectivity index (χ3n) is 3.76. The molecule has 0 saturated carbocycles. The number of phenols is 1. The Bertz CT molecular complexity index is 1250. The highest BCUT2D eigenvalue weighted by atomic mass is 32.2. The van der Waals surface area contributed by atoms with Gasteiger partial charge in [0.15, 0.2) is 11.3 Å². The number of rotatable bonds is 3. The van der Waals surface area contributed by atoms with Crippen LogP contribution in [0.25, 0.3) is 21.9 Å². The Kier molecular flexibility index (Phi) is 3.67. The number of para-hydroxylation sites is 2. The van der Waals surface area contributed by atoms with E-state index in [1.807, 2.05) is 0 Å². The van der Waals surface area contributed by atoms with E-state index >= 15 is 0 Å². The average molecular weight is 369 g/mol. The third-order valence-corrected chi connectivity index (χ3v) is 4.66. The van der Waals surface area contributed by atoms with Crippen LogP contribution in [0.4, 0.5) is 11.7 Å². The molecule has 0 fully saturated rings. The van der Waals surface area contributed by atoms with Crippen LogP contribution in [-0.2, 0) is 10.1 Å². The molecule has 0 aliphatic heterocycles. The SMILES string of the molecule is O=S(=O)(O)c1cc(N=Nc2nc3ccccc3o2)c(O)c2ccccc12. The number of fused-ring (bicyclic) bond motifs is 2. The van der Waals surface area contributed by atoms with Gasteiger partial charge in [0, 0.05) is 10.8 Å². The van der Waals surface area contributed by atoms with Gasteiger partial charge in [0.2, 0.25) is 0 Å². The van der Waals surface area contributed by atoms with Gasteiger partial charge in [-0.05, 0) is 18.2 Å². The molecule has 0 atom stereocenters. The largest absolute Gasteiger partial charge is 0.505 e. The molecule has 0 aliphatic rings. The van der Waals surface area contributed by atoms with E-state index in [0.717, 1.165) is 6.07 Å². The van der Waals surface area contributed by atoms with Gasteiger partial charge in [0.25, 0.3) is 10.1 Å². The number of benzene rings is 3. The number of hydrogen-bond donors (Lipinski definition) is 2. The standard InChI is InChI=1S/C17H11N3O5S/c21-16-11-6-2-1-5-10(11)15(26(22,23)24)9-13(16)19-20-17-18-12-7-3-4-8-14(12)25-17/h1-9,21H,(H,22,23,24). The minimum Gasteiger partial charge on any atom is -0.505 e. The van der Waals surface area contributed by atoms with Crippen molar-refractivity contribution in [3.8, 4) is 5.75 Å². The van der Waals surface area contributed by atoms with Crippen molar-refractivity contribution in [2.75, 3.05) is 0 Å². The molecule has 0 radical (unpaired) electrons. The average Bonchev–Trinajstić information content (AvgIpc) is 3.03. The molecule has 8 nitrogen and oxygen atoms in total. The van der Waals surface area contributed by atoms with Crippen LogP contribution in [0.1, 0.15) is 0 Å². The van der Waals surface area contributed by atoms with Crippen molar-refractivity contribution in [1.29, 1.82) is 0 Å². The molecule has 2 N–H and O–H groups in total. The molecule has 0 amide bonds. The van der Waals surface area contributed by atoms with E-state index in [9.17, 15) is 18.1 Å². The van der Waals surface area contributed by atoms with E-state index in [-0.39, 0.29) is 33.1 Å². The summed E-state index contributed by atoms with van der Waals surface area (Å²) in [6.45, 7) is 0. The van der Waals surface area contributed by atoms with Gasteiger partial charge in [-0.1, -0.05) is 41.5 Å². The molecular formula is C17H11N3O5S. The van der Waals surface area contributed by atoms with Gasteiger partial charge < -0.3 is 9.52 Å². The first-order chi connectivity index (χ1) is 12.4. The summed E-state index contributed by atoms with van der Waals surface area (Å²) in [6.07, 6.45) is 0. The highest BCUT2D eigenvalue weighted by Gasteiger charge is 2.19. The Hall–Kier alpha value is -3.30. The lowest BCUT2D eigenvalue weighted by molar-refractivity contribution is 0.479. The second-order valence-corrected chi connectivity index (χ2v) is 6.82. The summed E-state index contributed by atoms with van der Waals surface area (Å²) in [6, 6.07) is 14.2. The van der Waals surface area contributed by atoms with Gasteiger partial charge in [-0.3, -0.25) is 4.55 Å². The zero-order chi connectivity index (χ0) is 18.3. The fourth-order valence-corrected chi connectivity index (χ4v) is 3.32. The van der Waals surface area contributed by atoms with Crippen LogP contribution < -0.4 is 0 Å². The third kappa shape index (κ3) is 2.79. The van der Waals surface area contributed by atoms with Crippen LogP contribution in [0.5, 0.6) is 5.75 Å². The van der Waals surface area contributed by atoms with Crippen molar-refractivity contribution >= 4 is 43.7 Å². The summed E-state index contributed by atoms with van der Waals surface area (Å²) in [5.41, 5.74) is 0.962. The molecule has 1 heterocycles. The van der Waals surface area contributed by atoms with Crippen molar-refractivity contribution in [2.24, 2.45) is 10.2 Å². The van der Waals surface area contributed by atoms with E-state index in [4.69, 9.17) is 4.42 Å². The molecule has 4 aromatic rings. The van der Waals surface area contributed by atoms with Crippen molar-refractivity contribution in [2.45, 2.75) is 4.90 Å². The predicted molar refractivity (Wildman–Crippen MR) is 93.6 cm³/mol. The van der Waals surface area contributed by atoms with E-state index in [2.05, 4.69) is 15.2 Å². The summed E-state index contributed by atoms with van der Waals surface area (Å²) >= 11 is 0. The minimum atomic E-state index is -4.52. The zero-order valence-electron chi connectivity index (χ0n) is 13.1. The Morgan fingerprint density at radius 2 is 1.65 bits per heavy atom. The van der Waals surface area contributed by atoms with Crippen molar-refractivity contribution in [3.63, 3.8) is 0 Å². The van der Waals surface area contributed by atoms with Crippen LogP contribution in [0, 0.1) is 0 Å². The highest BCUT2D eigenvalue weighted by Crippen LogP contribution is 2.39. The molecule has 9 heteroatoms. The lowest BCUT2D eigenvalue weighted by Gasteiger charge is -2.07. The smallest absolute Gasteiger partial charge is 0.341 e. The summed E-state index contributed by atoms with van der Waals surface area (Å²) in [4.78, 5) is 3.74. The Labute approximate surface area is 147 Å². The molecule has 0 unspecified atom stereocenters.